The summed E-state index contributed by atoms with van der Waals surface area (Å²) in [5.41, 5.74) is 8.00. The van der Waals surface area contributed by atoms with Gasteiger partial charge in [-0.25, -0.2) is 4.79 Å². The molecule has 3 unspecified atom stereocenters. The van der Waals surface area contributed by atoms with Gasteiger partial charge < -0.3 is 31.3 Å². The number of anilines is 1. The summed E-state index contributed by atoms with van der Waals surface area (Å²) in [7, 11) is 0. The van der Waals surface area contributed by atoms with E-state index >= 15 is 0 Å². The number of carbonyl (C=O) groups excluding carboxylic acids is 3. The molecule has 6 rings (SSSR count). The lowest BCUT2D eigenvalue weighted by atomic mass is 9.86. The number of piperidine rings is 2. The van der Waals surface area contributed by atoms with E-state index in [2.05, 4.69) is 16.0 Å². The summed E-state index contributed by atoms with van der Waals surface area (Å²) in [5.74, 6) is 1.11. The molecule has 3 saturated heterocycles. The largest absolute Gasteiger partial charge is 0.457 e. The van der Waals surface area contributed by atoms with Crippen LogP contribution in [0.2, 0.25) is 0 Å². The Labute approximate surface area is 237 Å². The van der Waals surface area contributed by atoms with Gasteiger partial charge in [0, 0.05) is 36.4 Å². The molecule has 11 heteroatoms. The number of carbonyl (C=O) groups is 3. The van der Waals surface area contributed by atoms with E-state index in [4.69, 9.17) is 10.5 Å². The van der Waals surface area contributed by atoms with Crippen LogP contribution in [0.3, 0.4) is 0 Å². The van der Waals surface area contributed by atoms with E-state index in [0.717, 1.165) is 42.8 Å². The highest BCUT2D eigenvalue weighted by atomic mass is 32.2. The second kappa shape index (κ2) is 11.1. The molecular weight excluding hydrogens is 528 g/mol. The minimum Gasteiger partial charge on any atom is -0.457 e. The Balaban J connectivity index is 1.21. The Morgan fingerprint density at radius 3 is 2.75 bits per heavy atom. The molecule has 40 heavy (non-hydrogen) atoms. The average Bonchev–Trinajstić information content (AvgIpc) is 3.33. The molecule has 5 N–H and O–H groups in total. The van der Waals surface area contributed by atoms with Crippen molar-refractivity contribution in [3.63, 3.8) is 0 Å². The third kappa shape index (κ3) is 5.04. The maximum atomic E-state index is 13.6. The van der Waals surface area contributed by atoms with Gasteiger partial charge in [-0.3, -0.25) is 14.5 Å². The lowest BCUT2D eigenvalue weighted by molar-refractivity contribution is -0.131. The van der Waals surface area contributed by atoms with Crippen molar-refractivity contribution in [1.82, 2.24) is 20.9 Å². The highest BCUT2D eigenvalue weighted by molar-refractivity contribution is 8.04. The monoisotopic (exact) mass is 562 g/mol. The highest BCUT2D eigenvalue weighted by Gasteiger charge is 2.52. The summed E-state index contributed by atoms with van der Waals surface area (Å²) in [6, 6.07) is 14.9. The molecule has 4 aliphatic heterocycles. The number of ether oxygens (including phenoxy) is 1. The third-order valence-electron chi connectivity index (χ3n) is 8.04. The first-order valence-electron chi connectivity index (χ1n) is 13.8. The van der Waals surface area contributed by atoms with E-state index in [1.54, 1.807) is 4.90 Å². The Morgan fingerprint density at radius 1 is 1.15 bits per heavy atom. The van der Waals surface area contributed by atoms with E-state index in [0.29, 0.717) is 29.4 Å². The molecule has 0 aliphatic carbocycles. The number of nitrogens with one attached hydrogen (secondary N) is 3. The number of benzene rings is 2. The molecule has 0 bridgehead atoms. The predicted molar refractivity (Wildman–Crippen MR) is 154 cm³/mol. The molecule has 4 atom stereocenters. The number of amides is 4. The average molecular weight is 563 g/mol. The fourth-order valence-corrected chi connectivity index (χ4v) is 7.59. The van der Waals surface area contributed by atoms with Crippen molar-refractivity contribution in [2.75, 3.05) is 31.1 Å². The standard InChI is InChI=1S/C29H34N6O4S/c1-17-14-20(39-19-7-3-2-4-8-19)9-10-21(17)35-22-11-12-31-28-24(22)25(33-29(35)38)26(40-28)27(37)32-18-6-5-13-34(16-18)23(36)15-30/h2-4,7-10,14,18,22,24,28,31H,5-6,11-13,15-16,30H2,1H3,(H,32,37)(H,33,38)/t18-,22?,24?,28?/m1/s1. The summed E-state index contributed by atoms with van der Waals surface area (Å²) in [6.07, 6.45) is 2.38. The highest BCUT2D eigenvalue weighted by Crippen LogP contribution is 2.48. The SMILES string of the molecule is Cc1cc(Oc2ccccc2)ccc1N1C(=O)NC2=C(C(=O)N[C@@H]3CCCN(C(=O)CN)C3)SC3NCCC1C23. The Kier molecular flexibility index (Phi) is 7.43. The topological polar surface area (TPSA) is 129 Å². The van der Waals surface area contributed by atoms with Crippen LogP contribution in [-0.4, -0.2) is 66.4 Å². The van der Waals surface area contributed by atoms with Crippen molar-refractivity contribution >= 4 is 35.3 Å². The number of nitrogens with two attached hydrogens (primary N) is 1. The maximum absolute atomic E-state index is 13.6. The maximum Gasteiger partial charge on any atom is 0.326 e. The Morgan fingerprint density at radius 2 is 1.98 bits per heavy atom. The van der Waals surface area contributed by atoms with Gasteiger partial charge in [0.15, 0.2) is 0 Å². The first kappa shape index (κ1) is 26.7. The van der Waals surface area contributed by atoms with Crippen molar-refractivity contribution in [2.24, 2.45) is 11.7 Å². The second-order valence-electron chi connectivity index (χ2n) is 10.6. The number of hydrogen-bond acceptors (Lipinski definition) is 7. The molecular formula is C29H34N6O4S. The predicted octanol–water partition coefficient (Wildman–Crippen LogP) is 2.65. The fourth-order valence-electron chi connectivity index (χ4n) is 6.19. The van der Waals surface area contributed by atoms with Gasteiger partial charge in [0.1, 0.15) is 11.5 Å². The second-order valence-corrected chi connectivity index (χ2v) is 11.8. The van der Waals surface area contributed by atoms with E-state index in [-0.39, 0.29) is 47.8 Å². The number of hydrogen-bond donors (Lipinski definition) is 4. The van der Waals surface area contributed by atoms with Gasteiger partial charge in [-0.2, -0.15) is 0 Å². The normalized spacial score (nSPS) is 25.8. The molecule has 0 spiro atoms. The molecule has 2 aromatic rings. The number of nitrogens with zero attached hydrogens (tertiary/aromatic N) is 2. The fraction of sp³-hybridized carbons (Fsp3) is 0.414. The van der Waals surface area contributed by atoms with Gasteiger partial charge in [-0.1, -0.05) is 30.0 Å². The number of rotatable bonds is 6. The number of likely N-dealkylation sites (tertiary alicyclic amines) is 1. The van der Waals surface area contributed by atoms with Crippen molar-refractivity contribution in [3.8, 4) is 11.5 Å². The smallest absolute Gasteiger partial charge is 0.326 e. The zero-order chi connectivity index (χ0) is 27.8. The van der Waals surface area contributed by atoms with Crippen LogP contribution in [0.25, 0.3) is 0 Å². The van der Waals surface area contributed by atoms with E-state index < -0.39 is 0 Å². The zero-order valence-electron chi connectivity index (χ0n) is 22.4. The van der Waals surface area contributed by atoms with Gasteiger partial charge in [-0.15, -0.1) is 0 Å². The summed E-state index contributed by atoms with van der Waals surface area (Å²) in [6.45, 7) is 3.80. The third-order valence-corrected chi connectivity index (χ3v) is 9.39. The van der Waals surface area contributed by atoms with Gasteiger partial charge >= 0.3 is 6.03 Å². The van der Waals surface area contributed by atoms with Crippen LogP contribution in [-0.2, 0) is 9.59 Å². The van der Waals surface area contributed by atoms with Crippen molar-refractivity contribution in [1.29, 1.82) is 0 Å². The van der Waals surface area contributed by atoms with Crippen LogP contribution in [0, 0.1) is 12.8 Å². The van der Waals surface area contributed by atoms with Gasteiger partial charge in [-0.05, 0) is 68.6 Å². The van der Waals surface area contributed by atoms with Crippen LogP contribution in [0.1, 0.15) is 24.8 Å². The molecule has 210 valence electrons. The minimum atomic E-state index is -0.234. The summed E-state index contributed by atoms with van der Waals surface area (Å²) in [5, 5.41) is 9.72. The van der Waals surface area contributed by atoms with Crippen LogP contribution < -0.4 is 31.3 Å². The number of thioether (sulfide) groups is 1. The Bertz CT molecular complexity index is 1350. The van der Waals surface area contributed by atoms with E-state index in [9.17, 15) is 14.4 Å². The first-order chi connectivity index (χ1) is 19.4. The molecule has 0 radical (unpaired) electrons. The summed E-state index contributed by atoms with van der Waals surface area (Å²) < 4.78 is 6.00. The molecule has 0 aromatic heterocycles. The molecule has 4 aliphatic rings. The quantitative estimate of drug-likeness (QED) is 0.426. The van der Waals surface area contributed by atoms with Crippen LogP contribution in [0.4, 0.5) is 10.5 Å². The van der Waals surface area contributed by atoms with Crippen LogP contribution in [0.15, 0.2) is 59.1 Å². The zero-order valence-corrected chi connectivity index (χ0v) is 23.2. The number of urea groups is 1. The molecule has 0 saturated carbocycles. The van der Waals surface area contributed by atoms with Crippen LogP contribution in [0.5, 0.6) is 11.5 Å². The first-order valence-corrected chi connectivity index (χ1v) is 14.7. The lowest BCUT2D eigenvalue weighted by Crippen LogP contribution is -2.62. The molecule has 4 heterocycles. The van der Waals surface area contributed by atoms with E-state index in [1.807, 2.05) is 60.4 Å². The molecule has 4 amide bonds. The molecule has 10 nitrogen and oxygen atoms in total. The van der Waals surface area contributed by atoms with Crippen molar-refractivity contribution in [3.05, 3.63) is 64.7 Å². The number of aryl methyl sites for hydroxylation is 1. The van der Waals surface area contributed by atoms with E-state index in [1.165, 1.54) is 11.8 Å². The summed E-state index contributed by atoms with van der Waals surface area (Å²) in [4.78, 5) is 43.3. The minimum absolute atomic E-state index is 0.0136. The van der Waals surface area contributed by atoms with Crippen LogP contribution >= 0.6 is 11.8 Å². The van der Waals surface area contributed by atoms with Crippen molar-refractivity contribution < 1.29 is 19.1 Å². The van der Waals surface area contributed by atoms with Gasteiger partial charge in [0.05, 0.1) is 22.9 Å². The van der Waals surface area contributed by atoms with Crippen molar-refractivity contribution in [2.45, 2.75) is 43.6 Å². The van der Waals surface area contributed by atoms with Gasteiger partial charge in [0.25, 0.3) is 5.91 Å². The lowest BCUT2D eigenvalue weighted by Gasteiger charge is -2.46. The summed E-state index contributed by atoms with van der Waals surface area (Å²) >= 11 is 1.48. The van der Waals surface area contributed by atoms with Gasteiger partial charge in [0.2, 0.25) is 5.91 Å². The number of para-hydroxylation sites is 1. The molecule has 2 aromatic carbocycles. The Hall–Kier alpha value is -3.54. The molecule has 3 fully saturated rings.